The molecular formula is C15H22ClNS. The Morgan fingerprint density at radius 1 is 1.06 bits per heavy atom. The maximum absolute atomic E-state index is 6.12. The second-order valence-corrected chi connectivity index (χ2v) is 7.50. The minimum absolute atomic E-state index is 0.577. The molecule has 1 aromatic heterocycles. The number of rotatable bonds is 2. The van der Waals surface area contributed by atoms with Crippen LogP contribution in [0.15, 0.2) is 6.07 Å². The number of thiophene rings is 1. The van der Waals surface area contributed by atoms with Gasteiger partial charge in [-0.05, 0) is 37.3 Å². The fraction of sp³-hybridized carbons (Fsp3) is 0.733. The van der Waals surface area contributed by atoms with E-state index in [4.69, 9.17) is 11.6 Å². The molecule has 1 aromatic rings. The van der Waals surface area contributed by atoms with Crippen LogP contribution in [0.1, 0.15) is 67.8 Å². The minimum Gasteiger partial charge on any atom is -0.307 e. The quantitative estimate of drug-likeness (QED) is 0.797. The molecule has 0 spiro atoms. The molecule has 1 atom stereocenters. The summed E-state index contributed by atoms with van der Waals surface area (Å²) in [5.74, 6) is 0. The van der Waals surface area contributed by atoms with Gasteiger partial charge in [0, 0.05) is 17.0 Å². The predicted octanol–water partition coefficient (Wildman–Crippen LogP) is 5.09. The Hall–Kier alpha value is -0.0500. The first-order valence-corrected chi connectivity index (χ1v) is 8.56. The molecule has 0 amide bonds. The van der Waals surface area contributed by atoms with Crippen LogP contribution in [0.25, 0.3) is 0 Å². The van der Waals surface area contributed by atoms with Crippen LogP contribution >= 0.6 is 22.9 Å². The molecule has 0 saturated heterocycles. The number of hydrogen-bond donors (Lipinski definition) is 1. The average molecular weight is 284 g/mol. The highest BCUT2D eigenvalue weighted by Crippen LogP contribution is 2.39. The first-order valence-electron chi connectivity index (χ1n) is 7.37. The molecule has 0 radical (unpaired) electrons. The lowest BCUT2D eigenvalue weighted by Gasteiger charge is -2.25. The van der Waals surface area contributed by atoms with Crippen LogP contribution < -0.4 is 5.32 Å². The lowest BCUT2D eigenvalue weighted by Crippen LogP contribution is -2.32. The van der Waals surface area contributed by atoms with E-state index in [9.17, 15) is 0 Å². The Bertz CT molecular complexity index is 393. The van der Waals surface area contributed by atoms with Gasteiger partial charge in [-0.1, -0.05) is 43.7 Å². The highest BCUT2D eigenvalue weighted by molar-refractivity contribution is 7.16. The second kappa shape index (κ2) is 5.94. The van der Waals surface area contributed by atoms with Gasteiger partial charge in [-0.25, -0.2) is 0 Å². The van der Waals surface area contributed by atoms with Gasteiger partial charge in [0.15, 0.2) is 0 Å². The molecular weight excluding hydrogens is 262 g/mol. The first-order chi connectivity index (χ1) is 8.83. The Morgan fingerprint density at radius 3 is 2.56 bits per heavy atom. The number of hydrogen-bond acceptors (Lipinski definition) is 2. The third-order valence-electron chi connectivity index (χ3n) is 4.39. The Labute approximate surface area is 119 Å². The van der Waals surface area contributed by atoms with Gasteiger partial charge in [-0.3, -0.25) is 0 Å². The van der Waals surface area contributed by atoms with E-state index >= 15 is 0 Å². The summed E-state index contributed by atoms with van der Waals surface area (Å²) in [7, 11) is 0. The van der Waals surface area contributed by atoms with Gasteiger partial charge in [0.1, 0.15) is 0 Å². The van der Waals surface area contributed by atoms with Crippen molar-refractivity contribution in [3.63, 3.8) is 0 Å². The summed E-state index contributed by atoms with van der Waals surface area (Å²) < 4.78 is 0.962. The van der Waals surface area contributed by atoms with Gasteiger partial charge in [-0.15, -0.1) is 11.3 Å². The molecule has 1 heterocycles. The van der Waals surface area contributed by atoms with E-state index < -0.39 is 0 Å². The summed E-state index contributed by atoms with van der Waals surface area (Å²) in [6.07, 6.45) is 12.3. The van der Waals surface area contributed by atoms with Crippen LogP contribution in [0.3, 0.4) is 0 Å². The smallest absolute Gasteiger partial charge is 0.0934 e. The molecule has 3 rings (SSSR count). The topological polar surface area (TPSA) is 12.0 Å². The van der Waals surface area contributed by atoms with E-state index in [1.54, 1.807) is 11.3 Å². The van der Waals surface area contributed by atoms with Crippen molar-refractivity contribution in [1.29, 1.82) is 0 Å². The first kappa shape index (κ1) is 13.0. The van der Waals surface area contributed by atoms with Crippen molar-refractivity contribution >= 4 is 22.9 Å². The van der Waals surface area contributed by atoms with Crippen LogP contribution in [0.4, 0.5) is 0 Å². The third-order valence-corrected chi connectivity index (χ3v) is 5.73. The van der Waals surface area contributed by atoms with Crippen molar-refractivity contribution in [1.82, 2.24) is 5.32 Å². The molecule has 2 aliphatic rings. The van der Waals surface area contributed by atoms with Gasteiger partial charge < -0.3 is 5.32 Å². The van der Waals surface area contributed by atoms with Crippen LogP contribution in [0, 0.1) is 0 Å². The molecule has 1 fully saturated rings. The number of nitrogens with one attached hydrogen (secondary N) is 1. The summed E-state index contributed by atoms with van der Waals surface area (Å²) in [5.41, 5.74) is 1.49. The maximum atomic E-state index is 6.12. The van der Waals surface area contributed by atoms with E-state index in [-0.39, 0.29) is 0 Å². The normalized spacial score (nSPS) is 25.7. The van der Waals surface area contributed by atoms with Crippen molar-refractivity contribution < 1.29 is 0 Å². The highest BCUT2D eigenvalue weighted by Gasteiger charge is 2.26. The summed E-state index contributed by atoms with van der Waals surface area (Å²) in [5, 5.41) is 3.90. The van der Waals surface area contributed by atoms with Gasteiger partial charge in [0.2, 0.25) is 0 Å². The summed E-state index contributed by atoms with van der Waals surface area (Å²) >= 11 is 7.90. The van der Waals surface area contributed by atoms with E-state index in [2.05, 4.69) is 11.4 Å². The lowest BCUT2D eigenvalue weighted by molar-refractivity contribution is 0.352. The summed E-state index contributed by atoms with van der Waals surface area (Å²) in [6, 6.07) is 3.50. The van der Waals surface area contributed by atoms with E-state index in [0.29, 0.717) is 6.04 Å². The van der Waals surface area contributed by atoms with Gasteiger partial charge in [0.25, 0.3) is 0 Å². The van der Waals surface area contributed by atoms with Crippen molar-refractivity contribution in [3.8, 4) is 0 Å². The third kappa shape index (κ3) is 2.92. The standard InChI is InChI=1S/C15H22ClNS/c16-15-10-12-13(8-9-14(12)18-15)17-11-6-4-2-1-3-5-7-11/h10-11,13,17H,1-9H2. The van der Waals surface area contributed by atoms with Crippen LogP contribution in [0.5, 0.6) is 0 Å². The highest BCUT2D eigenvalue weighted by atomic mass is 35.5. The number of fused-ring (bicyclic) bond motifs is 1. The molecule has 0 bridgehead atoms. The zero-order valence-corrected chi connectivity index (χ0v) is 12.5. The largest absolute Gasteiger partial charge is 0.307 e. The zero-order valence-electron chi connectivity index (χ0n) is 10.9. The monoisotopic (exact) mass is 283 g/mol. The van der Waals surface area contributed by atoms with Crippen LogP contribution in [-0.4, -0.2) is 6.04 Å². The fourth-order valence-electron chi connectivity index (χ4n) is 3.41. The van der Waals surface area contributed by atoms with Crippen molar-refractivity contribution in [2.45, 2.75) is 69.9 Å². The Balaban J connectivity index is 1.62. The molecule has 100 valence electrons. The summed E-state index contributed by atoms with van der Waals surface area (Å²) in [6.45, 7) is 0. The Morgan fingerprint density at radius 2 is 1.78 bits per heavy atom. The van der Waals surface area contributed by atoms with Crippen molar-refractivity contribution in [2.24, 2.45) is 0 Å². The predicted molar refractivity (Wildman–Crippen MR) is 79.6 cm³/mol. The molecule has 3 heteroatoms. The molecule has 2 aliphatic carbocycles. The maximum Gasteiger partial charge on any atom is 0.0934 e. The van der Waals surface area contributed by atoms with Crippen molar-refractivity contribution in [2.75, 3.05) is 0 Å². The number of aryl methyl sites for hydroxylation is 1. The minimum atomic E-state index is 0.577. The van der Waals surface area contributed by atoms with Gasteiger partial charge >= 0.3 is 0 Å². The van der Waals surface area contributed by atoms with Crippen LogP contribution in [-0.2, 0) is 6.42 Å². The Kier molecular flexibility index (Phi) is 4.27. The molecule has 18 heavy (non-hydrogen) atoms. The molecule has 0 aromatic carbocycles. The van der Waals surface area contributed by atoms with E-state index in [0.717, 1.165) is 10.4 Å². The van der Waals surface area contributed by atoms with Crippen molar-refractivity contribution in [3.05, 3.63) is 20.8 Å². The van der Waals surface area contributed by atoms with Gasteiger partial charge in [-0.2, -0.15) is 0 Å². The van der Waals surface area contributed by atoms with Gasteiger partial charge in [0.05, 0.1) is 4.34 Å². The lowest BCUT2D eigenvalue weighted by atomic mass is 9.95. The van der Waals surface area contributed by atoms with Crippen LogP contribution in [0.2, 0.25) is 4.34 Å². The molecule has 1 unspecified atom stereocenters. The summed E-state index contributed by atoms with van der Waals surface area (Å²) in [4.78, 5) is 1.52. The average Bonchev–Trinajstić information content (AvgIpc) is 2.82. The van der Waals surface area contributed by atoms with E-state index in [1.807, 2.05) is 0 Å². The molecule has 1 nitrogen and oxygen atoms in total. The SMILES string of the molecule is Clc1cc2c(s1)CCC2NC1CCCCCCC1. The fourth-order valence-corrected chi connectivity index (χ4v) is 4.77. The molecule has 1 N–H and O–H groups in total. The second-order valence-electron chi connectivity index (χ2n) is 5.73. The number of halogens is 1. The molecule has 0 aliphatic heterocycles. The zero-order chi connectivity index (χ0) is 12.4. The molecule has 1 saturated carbocycles. The van der Waals surface area contributed by atoms with E-state index in [1.165, 1.54) is 68.2 Å².